The molecule has 0 saturated heterocycles. The zero-order valence-corrected chi connectivity index (χ0v) is 12.4. The van der Waals surface area contributed by atoms with Gasteiger partial charge in [-0.1, -0.05) is 6.07 Å². The lowest BCUT2D eigenvalue weighted by molar-refractivity contribution is 0.0801. The third kappa shape index (κ3) is 3.40. The average molecular weight is 325 g/mol. The normalized spacial score (nSPS) is 10.3. The lowest BCUT2D eigenvalue weighted by atomic mass is 10.2. The molecule has 0 aliphatic rings. The highest BCUT2D eigenvalue weighted by molar-refractivity contribution is 9.11. The van der Waals surface area contributed by atoms with Gasteiger partial charge >= 0.3 is 0 Å². The Kier molecular flexibility index (Phi) is 4.49. The van der Waals surface area contributed by atoms with Gasteiger partial charge in [0.1, 0.15) is 0 Å². The lowest BCUT2D eigenvalue weighted by Gasteiger charge is -2.15. The van der Waals surface area contributed by atoms with Crippen molar-refractivity contribution >= 4 is 33.2 Å². The summed E-state index contributed by atoms with van der Waals surface area (Å²) < 4.78 is 0.976. The summed E-state index contributed by atoms with van der Waals surface area (Å²) in [4.78, 5) is 18.8. The van der Waals surface area contributed by atoms with Crippen LogP contribution in [0.15, 0.2) is 40.3 Å². The van der Waals surface area contributed by atoms with Crippen molar-refractivity contribution in [1.82, 2.24) is 9.88 Å². The molecule has 2 aromatic rings. The standard InChI is InChI=1S/C13H13BrN2OS/c1-16(9-7-10-4-2-3-8-15-10)13(17)11-5-6-12(14)18-11/h2-6,8H,7,9H2,1H3. The molecule has 2 rings (SSSR count). The molecule has 1 amide bonds. The summed E-state index contributed by atoms with van der Waals surface area (Å²) >= 11 is 4.82. The molecule has 94 valence electrons. The monoisotopic (exact) mass is 324 g/mol. The average Bonchev–Trinajstić information content (AvgIpc) is 2.83. The molecule has 0 radical (unpaired) electrons. The third-order valence-electron chi connectivity index (χ3n) is 2.56. The van der Waals surface area contributed by atoms with Gasteiger partial charge < -0.3 is 4.90 Å². The zero-order valence-electron chi connectivity index (χ0n) is 9.97. The number of thiophene rings is 1. The molecule has 0 saturated carbocycles. The molecule has 0 unspecified atom stereocenters. The van der Waals surface area contributed by atoms with Crippen LogP contribution in [-0.2, 0) is 6.42 Å². The second kappa shape index (κ2) is 6.11. The molecule has 0 aromatic carbocycles. The first-order valence-corrected chi connectivity index (χ1v) is 7.18. The molecule has 0 atom stereocenters. The minimum absolute atomic E-state index is 0.0571. The highest BCUT2D eigenvalue weighted by Gasteiger charge is 2.13. The first-order chi connectivity index (χ1) is 8.66. The number of carbonyl (C=O) groups is 1. The Balaban J connectivity index is 1.92. The Labute approximate surface area is 119 Å². The van der Waals surface area contributed by atoms with E-state index < -0.39 is 0 Å². The molecule has 0 aliphatic heterocycles. The zero-order chi connectivity index (χ0) is 13.0. The fourth-order valence-corrected chi connectivity index (χ4v) is 2.93. The lowest BCUT2D eigenvalue weighted by Crippen LogP contribution is -2.28. The molecule has 0 N–H and O–H groups in total. The van der Waals surface area contributed by atoms with Gasteiger partial charge in [0.15, 0.2) is 0 Å². The summed E-state index contributed by atoms with van der Waals surface area (Å²) in [7, 11) is 1.82. The number of hydrogen-bond donors (Lipinski definition) is 0. The minimum Gasteiger partial charge on any atom is -0.341 e. The van der Waals surface area contributed by atoms with Crippen molar-refractivity contribution in [1.29, 1.82) is 0 Å². The molecule has 0 fully saturated rings. The minimum atomic E-state index is 0.0571. The quantitative estimate of drug-likeness (QED) is 0.865. The number of aromatic nitrogens is 1. The molecule has 0 aliphatic carbocycles. The van der Waals surface area contributed by atoms with Crippen molar-refractivity contribution in [2.45, 2.75) is 6.42 Å². The van der Waals surface area contributed by atoms with Crippen LogP contribution in [0.2, 0.25) is 0 Å². The van der Waals surface area contributed by atoms with Crippen LogP contribution in [0.3, 0.4) is 0 Å². The summed E-state index contributed by atoms with van der Waals surface area (Å²) in [6.45, 7) is 0.672. The van der Waals surface area contributed by atoms with E-state index in [0.717, 1.165) is 20.8 Å². The van der Waals surface area contributed by atoms with Crippen molar-refractivity contribution in [2.24, 2.45) is 0 Å². The summed E-state index contributed by atoms with van der Waals surface area (Å²) in [5, 5.41) is 0. The Morgan fingerprint density at radius 3 is 2.83 bits per heavy atom. The number of nitrogens with zero attached hydrogens (tertiary/aromatic N) is 2. The van der Waals surface area contributed by atoms with E-state index in [4.69, 9.17) is 0 Å². The van der Waals surface area contributed by atoms with Gasteiger partial charge in [-0.05, 0) is 40.2 Å². The maximum atomic E-state index is 12.1. The van der Waals surface area contributed by atoms with Crippen LogP contribution in [0.25, 0.3) is 0 Å². The van der Waals surface area contributed by atoms with Crippen molar-refractivity contribution in [3.8, 4) is 0 Å². The van der Waals surface area contributed by atoms with Crippen molar-refractivity contribution in [2.75, 3.05) is 13.6 Å². The molecule has 2 aromatic heterocycles. The van der Waals surface area contributed by atoms with Gasteiger partial charge in [0.2, 0.25) is 0 Å². The van der Waals surface area contributed by atoms with Crippen LogP contribution in [0.5, 0.6) is 0 Å². The van der Waals surface area contributed by atoms with Gasteiger partial charge in [-0.15, -0.1) is 11.3 Å². The number of likely N-dealkylation sites (N-methyl/N-ethyl adjacent to an activating group) is 1. The van der Waals surface area contributed by atoms with E-state index in [1.807, 2.05) is 37.4 Å². The molecule has 0 spiro atoms. The van der Waals surface area contributed by atoms with Gasteiger partial charge in [-0.2, -0.15) is 0 Å². The first-order valence-electron chi connectivity index (χ1n) is 5.57. The van der Waals surface area contributed by atoms with Crippen molar-refractivity contribution in [3.63, 3.8) is 0 Å². The van der Waals surface area contributed by atoms with E-state index in [1.165, 1.54) is 11.3 Å². The van der Waals surface area contributed by atoms with Crippen LogP contribution in [0.4, 0.5) is 0 Å². The van der Waals surface area contributed by atoms with E-state index >= 15 is 0 Å². The fraction of sp³-hybridized carbons (Fsp3) is 0.231. The van der Waals surface area contributed by atoms with E-state index in [2.05, 4.69) is 20.9 Å². The van der Waals surface area contributed by atoms with Crippen molar-refractivity contribution in [3.05, 3.63) is 50.9 Å². The van der Waals surface area contributed by atoms with Gasteiger partial charge in [0, 0.05) is 31.9 Å². The maximum Gasteiger partial charge on any atom is 0.263 e. The molecular formula is C13H13BrN2OS. The topological polar surface area (TPSA) is 33.2 Å². The SMILES string of the molecule is CN(CCc1ccccn1)C(=O)c1ccc(Br)s1. The summed E-state index contributed by atoms with van der Waals surface area (Å²) in [6, 6.07) is 9.56. The number of pyridine rings is 1. The number of hydrogen-bond acceptors (Lipinski definition) is 3. The summed E-state index contributed by atoms with van der Waals surface area (Å²) in [5.74, 6) is 0.0571. The van der Waals surface area contributed by atoms with Gasteiger partial charge in [0.05, 0.1) is 8.66 Å². The fourth-order valence-electron chi connectivity index (χ4n) is 1.55. The maximum absolute atomic E-state index is 12.1. The van der Waals surface area contributed by atoms with Crippen molar-refractivity contribution < 1.29 is 4.79 Å². The highest BCUT2D eigenvalue weighted by atomic mass is 79.9. The predicted molar refractivity (Wildman–Crippen MR) is 76.9 cm³/mol. The first kappa shape index (κ1) is 13.2. The largest absolute Gasteiger partial charge is 0.341 e. The molecular weight excluding hydrogens is 312 g/mol. The molecule has 18 heavy (non-hydrogen) atoms. The van der Waals surface area contributed by atoms with Crippen LogP contribution >= 0.6 is 27.3 Å². The summed E-state index contributed by atoms with van der Waals surface area (Å²) in [5.41, 5.74) is 1.00. The second-order valence-electron chi connectivity index (χ2n) is 3.90. The Bertz CT molecular complexity index is 527. The van der Waals surface area contributed by atoms with E-state index in [1.54, 1.807) is 11.1 Å². The third-order valence-corrected chi connectivity index (χ3v) is 4.17. The Morgan fingerprint density at radius 2 is 2.22 bits per heavy atom. The molecule has 0 bridgehead atoms. The van der Waals surface area contributed by atoms with Crippen LogP contribution < -0.4 is 0 Å². The van der Waals surface area contributed by atoms with Crippen LogP contribution in [0, 0.1) is 0 Å². The second-order valence-corrected chi connectivity index (χ2v) is 6.36. The molecule has 5 heteroatoms. The highest BCUT2D eigenvalue weighted by Crippen LogP contribution is 2.23. The molecule has 3 nitrogen and oxygen atoms in total. The smallest absolute Gasteiger partial charge is 0.263 e. The van der Waals surface area contributed by atoms with E-state index in [-0.39, 0.29) is 5.91 Å². The molecule has 2 heterocycles. The van der Waals surface area contributed by atoms with E-state index in [9.17, 15) is 4.79 Å². The van der Waals surface area contributed by atoms with Gasteiger partial charge in [-0.3, -0.25) is 9.78 Å². The Morgan fingerprint density at radius 1 is 1.39 bits per heavy atom. The number of carbonyl (C=O) groups excluding carboxylic acids is 1. The van der Waals surface area contributed by atoms with E-state index in [0.29, 0.717) is 6.54 Å². The summed E-state index contributed by atoms with van der Waals surface area (Å²) in [6.07, 6.45) is 2.54. The number of amides is 1. The predicted octanol–water partition coefficient (Wildman–Crippen LogP) is 3.22. The van der Waals surface area contributed by atoms with Gasteiger partial charge in [-0.25, -0.2) is 0 Å². The van der Waals surface area contributed by atoms with Crippen LogP contribution in [-0.4, -0.2) is 29.4 Å². The van der Waals surface area contributed by atoms with Gasteiger partial charge in [0.25, 0.3) is 5.91 Å². The van der Waals surface area contributed by atoms with Crippen LogP contribution in [0.1, 0.15) is 15.4 Å². The number of rotatable bonds is 4. The number of halogens is 1. The Hall–Kier alpha value is -1.20.